The summed E-state index contributed by atoms with van der Waals surface area (Å²) in [6.45, 7) is 0.310. The fraction of sp³-hybridized carbons (Fsp3) is 0.150. The molecule has 0 atom stereocenters. The lowest BCUT2D eigenvalue weighted by molar-refractivity contribution is -0.120. The van der Waals surface area contributed by atoms with Crippen molar-refractivity contribution in [2.45, 2.75) is 6.42 Å². The van der Waals surface area contributed by atoms with Crippen molar-refractivity contribution in [2.75, 3.05) is 13.1 Å². The van der Waals surface area contributed by atoms with Gasteiger partial charge in [-0.15, -0.1) is 0 Å². The molecule has 7 heteroatoms. The zero-order chi connectivity index (χ0) is 19.0. The molecule has 3 amide bonds. The van der Waals surface area contributed by atoms with Crippen molar-refractivity contribution < 1.29 is 14.4 Å². The zero-order valence-electron chi connectivity index (χ0n) is 14.3. The van der Waals surface area contributed by atoms with Crippen LogP contribution in [0.4, 0.5) is 0 Å². The standard InChI is InChI=1S/C20H16ClN3O3/c21-13-5-6-15-16(10-13)20(27)24(19(15)26)8-7-22-18(25)9-12-11-23-17-4-2-1-3-14(12)17/h1-6,10-11,23H,7-9H2,(H,22,25). The summed E-state index contributed by atoms with van der Waals surface area (Å²) in [5.74, 6) is -0.916. The number of aromatic amines is 1. The number of para-hydroxylation sites is 1. The topological polar surface area (TPSA) is 82.3 Å². The number of carbonyl (C=O) groups excluding carboxylic acids is 3. The Labute approximate surface area is 160 Å². The summed E-state index contributed by atoms with van der Waals surface area (Å²) in [6.07, 6.45) is 2.04. The quantitative estimate of drug-likeness (QED) is 0.667. The van der Waals surface area contributed by atoms with E-state index < -0.39 is 0 Å². The lowest BCUT2D eigenvalue weighted by atomic mass is 10.1. The number of fused-ring (bicyclic) bond motifs is 2. The first kappa shape index (κ1) is 17.3. The number of hydrogen-bond donors (Lipinski definition) is 2. The Hall–Kier alpha value is -3.12. The highest BCUT2D eigenvalue weighted by molar-refractivity contribution is 6.32. The maximum absolute atomic E-state index is 12.4. The maximum Gasteiger partial charge on any atom is 0.261 e. The van der Waals surface area contributed by atoms with Gasteiger partial charge in [0.15, 0.2) is 0 Å². The summed E-state index contributed by atoms with van der Waals surface area (Å²) >= 11 is 5.90. The Bertz CT molecular complexity index is 1070. The second-order valence-corrected chi connectivity index (χ2v) is 6.77. The van der Waals surface area contributed by atoms with Crippen LogP contribution < -0.4 is 5.32 Å². The highest BCUT2D eigenvalue weighted by Gasteiger charge is 2.35. The number of nitrogens with one attached hydrogen (secondary N) is 2. The molecule has 0 saturated carbocycles. The summed E-state index contributed by atoms with van der Waals surface area (Å²) in [5.41, 5.74) is 2.52. The second-order valence-electron chi connectivity index (χ2n) is 6.34. The molecule has 0 aliphatic carbocycles. The molecule has 6 nitrogen and oxygen atoms in total. The van der Waals surface area contributed by atoms with E-state index in [0.29, 0.717) is 16.1 Å². The van der Waals surface area contributed by atoms with Crippen molar-refractivity contribution in [1.29, 1.82) is 0 Å². The minimum Gasteiger partial charge on any atom is -0.361 e. The molecular formula is C20H16ClN3O3. The van der Waals surface area contributed by atoms with Crippen LogP contribution in [0.1, 0.15) is 26.3 Å². The highest BCUT2D eigenvalue weighted by atomic mass is 35.5. The monoisotopic (exact) mass is 381 g/mol. The smallest absolute Gasteiger partial charge is 0.261 e. The predicted molar refractivity (Wildman–Crippen MR) is 102 cm³/mol. The summed E-state index contributed by atoms with van der Waals surface area (Å²) in [4.78, 5) is 41.2. The van der Waals surface area contributed by atoms with E-state index >= 15 is 0 Å². The first-order chi connectivity index (χ1) is 13.0. The van der Waals surface area contributed by atoms with Gasteiger partial charge in [-0.25, -0.2) is 0 Å². The van der Waals surface area contributed by atoms with Gasteiger partial charge in [0.2, 0.25) is 5.91 Å². The third-order valence-corrected chi connectivity index (χ3v) is 4.85. The number of imide groups is 1. The molecular weight excluding hydrogens is 366 g/mol. The molecule has 3 aromatic rings. The first-order valence-corrected chi connectivity index (χ1v) is 8.90. The molecule has 2 aromatic carbocycles. The van der Waals surface area contributed by atoms with E-state index in [9.17, 15) is 14.4 Å². The average Bonchev–Trinajstić information content (AvgIpc) is 3.16. The Morgan fingerprint density at radius 3 is 2.70 bits per heavy atom. The molecule has 0 bridgehead atoms. The Kier molecular flexibility index (Phi) is 4.41. The van der Waals surface area contributed by atoms with Crippen LogP contribution in [0, 0.1) is 0 Å². The number of H-pyrrole nitrogens is 1. The van der Waals surface area contributed by atoms with Crippen LogP contribution in [0.3, 0.4) is 0 Å². The van der Waals surface area contributed by atoms with Gasteiger partial charge in [-0.1, -0.05) is 29.8 Å². The van der Waals surface area contributed by atoms with Gasteiger partial charge in [-0.2, -0.15) is 0 Å². The minimum atomic E-state index is -0.386. The van der Waals surface area contributed by atoms with Crippen LogP contribution in [-0.2, 0) is 11.2 Å². The third kappa shape index (κ3) is 3.19. The summed E-state index contributed by atoms with van der Waals surface area (Å²) in [5, 5.41) is 4.18. The molecule has 2 N–H and O–H groups in total. The average molecular weight is 382 g/mol. The molecule has 27 heavy (non-hydrogen) atoms. The number of aromatic nitrogens is 1. The number of amides is 3. The largest absolute Gasteiger partial charge is 0.361 e. The number of rotatable bonds is 5. The molecule has 0 saturated heterocycles. The lowest BCUT2D eigenvalue weighted by Gasteiger charge is -2.14. The van der Waals surface area contributed by atoms with Crippen LogP contribution in [0.15, 0.2) is 48.7 Å². The van der Waals surface area contributed by atoms with Crippen LogP contribution in [0.25, 0.3) is 10.9 Å². The molecule has 1 aliphatic heterocycles. The fourth-order valence-corrected chi connectivity index (χ4v) is 3.46. The first-order valence-electron chi connectivity index (χ1n) is 8.52. The zero-order valence-corrected chi connectivity index (χ0v) is 15.0. The molecule has 0 fully saturated rings. The van der Waals surface area contributed by atoms with E-state index in [-0.39, 0.29) is 37.2 Å². The lowest BCUT2D eigenvalue weighted by Crippen LogP contribution is -2.38. The van der Waals surface area contributed by atoms with Gasteiger partial charge in [0.25, 0.3) is 11.8 Å². The van der Waals surface area contributed by atoms with Gasteiger partial charge >= 0.3 is 0 Å². The number of hydrogen-bond acceptors (Lipinski definition) is 3. The van der Waals surface area contributed by atoms with Gasteiger partial charge in [-0.3, -0.25) is 19.3 Å². The minimum absolute atomic E-state index is 0.115. The molecule has 1 aromatic heterocycles. The van der Waals surface area contributed by atoms with Crippen molar-refractivity contribution in [1.82, 2.24) is 15.2 Å². The van der Waals surface area contributed by atoms with Gasteiger partial charge in [0.1, 0.15) is 0 Å². The molecule has 0 unspecified atom stereocenters. The number of halogens is 1. The molecule has 1 aliphatic rings. The molecule has 0 radical (unpaired) electrons. The normalized spacial score (nSPS) is 13.3. The number of benzene rings is 2. The van der Waals surface area contributed by atoms with Crippen LogP contribution in [0.2, 0.25) is 5.02 Å². The van der Waals surface area contributed by atoms with Crippen molar-refractivity contribution >= 4 is 40.2 Å². The van der Waals surface area contributed by atoms with Gasteiger partial charge in [-0.05, 0) is 29.8 Å². The van der Waals surface area contributed by atoms with E-state index in [1.165, 1.54) is 6.07 Å². The van der Waals surface area contributed by atoms with E-state index in [2.05, 4.69) is 10.3 Å². The van der Waals surface area contributed by atoms with E-state index in [4.69, 9.17) is 11.6 Å². The highest BCUT2D eigenvalue weighted by Crippen LogP contribution is 2.25. The van der Waals surface area contributed by atoms with Gasteiger partial charge in [0.05, 0.1) is 17.5 Å². The Morgan fingerprint density at radius 2 is 1.85 bits per heavy atom. The molecule has 136 valence electrons. The van der Waals surface area contributed by atoms with Crippen molar-refractivity contribution in [3.63, 3.8) is 0 Å². The number of nitrogens with zero attached hydrogens (tertiary/aromatic N) is 1. The van der Waals surface area contributed by atoms with Gasteiger partial charge in [0, 0.05) is 35.2 Å². The molecule has 2 heterocycles. The van der Waals surface area contributed by atoms with Crippen LogP contribution in [-0.4, -0.2) is 40.7 Å². The van der Waals surface area contributed by atoms with E-state index in [0.717, 1.165) is 21.4 Å². The summed E-state index contributed by atoms with van der Waals surface area (Å²) in [6, 6.07) is 12.4. The summed E-state index contributed by atoms with van der Waals surface area (Å²) in [7, 11) is 0. The SMILES string of the molecule is O=C(Cc1c[nH]c2ccccc12)NCCN1C(=O)c2ccc(Cl)cc2C1=O. The molecule has 0 spiro atoms. The fourth-order valence-electron chi connectivity index (χ4n) is 3.29. The van der Waals surface area contributed by atoms with Crippen molar-refractivity contribution in [3.05, 3.63) is 70.4 Å². The Morgan fingerprint density at radius 1 is 1.07 bits per heavy atom. The van der Waals surface area contributed by atoms with Crippen LogP contribution >= 0.6 is 11.6 Å². The van der Waals surface area contributed by atoms with Crippen molar-refractivity contribution in [3.8, 4) is 0 Å². The van der Waals surface area contributed by atoms with Gasteiger partial charge < -0.3 is 10.3 Å². The Balaban J connectivity index is 1.35. The maximum atomic E-state index is 12.4. The van der Waals surface area contributed by atoms with E-state index in [1.54, 1.807) is 12.1 Å². The predicted octanol–water partition coefficient (Wildman–Crippen LogP) is 2.78. The summed E-state index contributed by atoms with van der Waals surface area (Å²) < 4.78 is 0. The molecule has 4 rings (SSSR count). The van der Waals surface area contributed by atoms with Crippen LogP contribution in [0.5, 0.6) is 0 Å². The van der Waals surface area contributed by atoms with Crippen molar-refractivity contribution in [2.24, 2.45) is 0 Å². The van der Waals surface area contributed by atoms with E-state index in [1.807, 2.05) is 30.5 Å². The third-order valence-electron chi connectivity index (χ3n) is 4.62. The number of carbonyl (C=O) groups is 3. The second kappa shape index (κ2) is 6.89.